The molecule has 1 N–H and O–H groups in total. The minimum atomic E-state index is -3.65. The topological polar surface area (TPSA) is 87.6 Å². The Morgan fingerprint density at radius 2 is 2.28 bits per heavy atom. The number of hydrogen-bond donors (Lipinski definition) is 1. The van der Waals surface area contributed by atoms with Crippen molar-refractivity contribution >= 4 is 16.0 Å². The van der Waals surface area contributed by atoms with E-state index < -0.39 is 28.0 Å². The monoisotopic (exact) mass is 270 g/mol. The van der Waals surface area contributed by atoms with E-state index in [1.165, 1.54) is 22.8 Å². The molecule has 1 aliphatic heterocycles. The number of carboxylic acids is 1. The van der Waals surface area contributed by atoms with Gasteiger partial charge in [-0.3, -0.25) is 9.78 Å². The maximum atomic E-state index is 12.3. The summed E-state index contributed by atoms with van der Waals surface area (Å²) < 4.78 is 25.9. The van der Waals surface area contributed by atoms with Crippen LogP contribution >= 0.6 is 0 Å². The summed E-state index contributed by atoms with van der Waals surface area (Å²) in [7, 11) is -3.65. The Morgan fingerprint density at radius 3 is 2.78 bits per heavy atom. The fourth-order valence-electron chi connectivity index (χ4n) is 2.22. The number of aromatic nitrogens is 1. The number of hydrogen-bond acceptors (Lipinski definition) is 4. The first-order valence-corrected chi connectivity index (χ1v) is 7.03. The maximum absolute atomic E-state index is 12.3. The SMILES string of the molecule is CC1C(C(=O)O)CCN1S(=O)(=O)c1cccnc1. The Hall–Kier alpha value is -1.47. The molecule has 2 rings (SSSR count). The van der Waals surface area contributed by atoms with Crippen LogP contribution in [-0.4, -0.2) is 41.4 Å². The van der Waals surface area contributed by atoms with E-state index in [9.17, 15) is 13.2 Å². The minimum absolute atomic E-state index is 0.0999. The molecule has 1 aliphatic rings. The van der Waals surface area contributed by atoms with E-state index >= 15 is 0 Å². The van der Waals surface area contributed by atoms with Gasteiger partial charge in [0.25, 0.3) is 0 Å². The smallest absolute Gasteiger partial charge is 0.308 e. The quantitative estimate of drug-likeness (QED) is 0.867. The van der Waals surface area contributed by atoms with Crippen LogP contribution in [0.15, 0.2) is 29.4 Å². The molecule has 7 heteroatoms. The molecule has 18 heavy (non-hydrogen) atoms. The van der Waals surface area contributed by atoms with Crippen LogP contribution < -0.4 is 0 Å². The molecule has 1 fully saturated rings. The van der Waals surface area contributed by atoms with Crippen molar-refractivity contribution in [3.8, 4) is 0 Å². The van der Waals surface area contributed by atoms with Crippen LogP contribution in [0.4, 0.5) is 0 Å². The normalized spacial score (nSPS) is 25.2. The second-order valence-electron chi connectivity index (χ2n) is 4.28. The van der Waals surface area contributed by atoms with Gasteiger partial charge in [-0.1, -0.05) is 0 Å². The predicted molar refractivity (Wildman–Crippen MR) is 63.3 cm³/mol. The highest BCUT2D eigenvalue weighted by Gasteiger charge is 2.42. The summed E-state index contributed by atoms with van der Waals surface area (Å²) in [6.07, 6.45) is 3.11. The highest BCUT2D eigenvalue weighted by atomic mass is 32.2. The molecule has 0 saturated carbocycles. The van der Waals surface area contributed by atoms with Crippen LogP contribution in [0.2, 0.25) is 0 Å². The molecule has 0 aromatic carbocycles. The first-order valence-electron chi connectivity index (χ1n) is 5.59. The summed E-state index contributed by atoms with van der Waals surface area (Å²) in [6, 6.07) is 2.47. The van der Waals surface area contributed by atoms with Gasteiger partial charge in [-0.25, -0.2) is 8.42 Å². The molecule has 0 bridgehead atoms. The van der Waals surface area contributed by atoms with E-state index in [0.29, 0.717) is 6.42 Å². The lowest BCUT2D eigenvalue weighted by molar-refractivity contribution is -0.142. The molecule has 0 spiro atoms. The van der Waals surface area contributed by atoms with Crippen molar-refractivity contribution in [2.45, 2.75) is 24.3 Å². The van der Waals surface area contributed by atoms with Crippen LogP contribution in [0.25, 0.3) is 0 Å². The van der Waals surface area contributed by atoms with Crippen LogP contribution in [-0.2, 0) is 14.8 Å². The number of carboxylic acid groups (broad SMARTS) is 1. The zero-order valence-electron chi connectivity index (χ0n) is 9.85. The predicted octanol–water partition coefficient (Wildman–Crippen LogP) is 0.565. The molecule has 1 aromatic rings. The Labute approximate surface area is 105 Å². The van der Waals surface area contributed by atoms with Gasteiger partial charge >= 0.3 is 5.97 Å². The van der Waals surface area contributed by atoms with Gasteiger partial charge in [0.05, 0.1) is 5.92 Å². The molecule has 2 atom stereocenters. The van der Waals surface area contributed by atoms with Crippen molar-refractivity contribution in [1.82, 2.24) is 9.29 Å². The number of nitrogens with zero attached hydrogens (tertiary/aromatic N) is 2. The van der Waals surface area contributed by atoms with Crippen molar-refractivity contribution in [2.75, 3.05) is 6.54 Å². The summed E-state index contributed by atoms with van der Waals surface area (Å²) in [5.41, 5.74) is 0. The average molecular weight is 270 g/mol. The molecule has 1 aromatic heterocycles. The van der Waals surface area contributed by atoms with E-state index in [1.807, 2.05) is 0 Å². The van der Waals surface area contributed by atoms with E-state index in [2.05, 4.69) is 4.98 Å². The molecule has 1 saturated heterocycles. The lowest BCUT2D eigenvalue weighted by atomic mass is 10.0. The third kappa shape index (κ3) is 2.11. The van der Waals surface area contributed by atoms with Crippen LogP contribution in [0.5, 0.6) is 0 Å². The molecule has 98 valence electrons. The second kappa shape index (κ2) is 4.66. The van der Waals surface area contributed by atoms with Gasteiger partial charge in [-0.2, -0.15) is 4.31 Å². The second-order valence-corrected chi connectivity index (χ2v) is 6.17. The minimum Gasteiger partial charge on any atom is -0.481 e. The molecule has 6 nitrogen and oxygen atoms in total. The molecule has 0 aliphatic carbocycles. The molecular weight excluding hydrogens is 256 g/mol. The largest absolute Gasteiger partial charge is 0.481 e. The molecule has 0 amide bonds. The van der Waals surface area contributed by atoms with Crippen molar-refractivity contribution < 1.29 is 18.3 Å². The Balaban J connectivity index is 2.31. The van der Waals surface area contributed by atoms with Gasteiger partial charge in [-0.05, 0) is 25.5 Å². The van der Waals surface area contributed by atoms with Crippen LogP contribution in [0.3, 0.4) is 0 Å². The summed E-state index contributed by atoms with van der Waals surface area (Å²) >= 11 is 0. The summed E-state index contributed by atoms with van der Waals surface area (Å²) in [4.78, 5) is 14.9. The lowest BCUT2D eigenvalue weighted by Gasteiger charge is -2.22. The van der Waals surface area contributed by atoms with Crippen molar-refractivity contribution in [3.63, 3.8) is 0 Å². The Bertz CT molecular complexity index is 543. The van der Waals surface area contributed by atoms with E-state index in [0.717, 1.165) is 0 Å². The number of pyridine rings is 1. The van der Waals surface area contributed by atoms with Gasteiger partial charge in [-0.15, -0.1) is 0 Å². The lowest BCUT2D eigenvalue weighted by Crippen LogP contribution is -2.37. The number of carbonyl (C=O) groups is 1. The molecule has 2 unspecified atom stereocenters. The van der Waals surface area contributed by atoms with Crippen LogP contribution in [0.1, 0.15) is 13.3 Å². The van der Waals surface area contributed by atoms with Gasteiger partial charge in [0.15, 0.2) is 0 Å². The summed E-state index contributed by atoms with van der Waals surface area (Å²) in [6.45, 7) is 1.86. The highest BCUT2D eigenvalue weighted by Crippen LogP contribution is 2.29. The molecule has 2 heterocycles. The third-order valence-electron chi connectivity index (χ3n) is 3.26. The maximum Gasteiger partial charge on any atom is 0.308 e. The van der Waals surface area contributed by atoms with Gasteiger partial charge < -0.3 is 5.11 Å². The molecular formula is C11H14N2O4S. The average Bonchev–Trinajstić information content (AvgIpc) is 2.73. The van der Waals surface area contributed by atoms with Crippen molar-refractivity contribution in [3.05, 3.63) is 24.5 Å². The van der Waals surface area contributed by atoms with Gasteiger partial charge in [0.1, 0.15) is 4.90 Å². The fourth-order valence-corrected chi connectivity index (χ4v) is 3.86. The summed E-state index contributed by atoms with van der Waals surface area (Å²) in [5, 5.41) is 9.00. The Kier molecular flexibility index (Phi) is 3.36. The van der Waals surface area contributed by atoms with E-state index in [4.69, 9.17) is 5.11 Å². The zero-order valence-corrected chi connectivity index (χ0v) is 10.7. The van der Waals surface area contributed by atoms with Crippen molar-refractivity contribution in [1.29, 1.82) is 0 Å². The molecule has 0 radical (unpaired) electrons. The number of sulfonamides is 1. The first-order chi connectivity index (χ1) is 8.44. The van der Waals surface area contributed by atoms with Crippen molar-refractivity contribution in [2.24, 2.45) is 5.92 Å². The van der Waals surface area contributed by atoms with E-state index in [1.54, 1.807) is 13.0 Å². The number of rotatable bonds is 3. The van der Waals surface area contributed by atoms with Crippen LogP contribution in [0, 0.1) is 5.92 Å². The standard InChI is InChI=1S/C11H14N2O4S/c1-8-10(11(14)15)4-6-13(8)18(16,17)9-3-2-5-12-7-9/h2-3,5,7-8,10H,4,6H2,1H3,(H,14,15). The first kappa shape index (κ1) is 13.0. The number of aliphatic carboxylic acids is 1. The highest BCUT2D eigenvalue weighted by molar-refractivity contribution is 7.89. The van der Waals surface area contributed by atoms with Gasteiger partial charge in [0.2, 0.25) is 10.0 Å². The fraction of sp³-hybridized carbons (Fsp3) is 0.455. The van der Waals surface area contributed by atoms with E-state index in [-0.39, 0.29) is 11.4 Å². The third-order valence-corrected chi connectivity index (χ3v) is 5.23. The zero-order chi connectivity index (χ0) is 13.3. The Morgan fingerprint density at radius 1 is 1.56 bits per heavy atom. The summed E-state index contributed by atoms with van der Waals surface area (Å²) in [5.74, 6) is -1.59. The van der Waals surface area contributed by atoms with Gasteiger partial charge in [0, 0.05) is 25.0 Å².